The molecule has 0 radical (unpaired) electrons. The third-order valence-corrected chi connectivity index (χ3v) is 4.41. The zero-order valence-corrected chi connectivity index (χ0v) is 13.6. The summed E-state index contributed by atoms with van der Waals surface area (Å²) >= 11 is 0. The summed E-state index contributed by atoms with van der Waals surface area (Å²) < 4.78 is 0. The van der Waals surface area contributed by atoms with Crippen molar-refractivity contribution in [2.75, 3.05) is 13.6 Å². The molecule has 1 saturated heterocycles. The molecular weight excluding hydrogens is 276 g/mol. The fraction of sp³-hybridized carbons (Fsp3) is 0.556. The van der Waals surface area contributed by atoms with E-state index in [4.69, 9.17) is 0 Å². The Morgan fingerprint density at radius 3 is 2.64 bits per heavy atom. The van der Waals surface area contributed by atoms with Gasteiger partial charge in [-0.05, 0) is 31.2 Å². The molecule has 1 aliphatic rings. The first-order chi connectivity index (χ1) is 10.6. The lowest BCUT2D eigenvalue weighted by atomic mass is 9.99. The highest BCUT2D eigenvalue weighted by Gasteiger charge is 2.27. The number of benzene rings is 1. The molecule has 1 aromatic carbocycles. The summed E-state index contributed by atoms with van der Waals surface area (Å²) in [5, 5.41) is 0. The van der Waals surface area contributed by atoms with E-state index in [2.05, 4.69) is 6.92 Å². The van der Waals surface area contributed by atoms with Gasteiger partial charge >= 0.3 is 0 Å². The predicted molar refractivity (Wildman–Crippen MR) is 87.2 cm³/mol. The number of nitrogens with zero attached hydrogens (tertiary/aromatic N) is 2. The van der Waals surface area contributed by atoms with Crippen LogP contribution in [0, 0.1) is 0 Å². The van der Waals surface area contributed by atoms with E-state index in [1.165, 1.54) is 6.42 Å². The Labute approximate surface area is 133 Å². The highest BCUT2D eigenvalue weighted by molar-refractivity contribution is 5.96. The lowest BCUT2D eigenvalue weighted by molar-refractivity contribution is -0.142. The molecule has 1 atom stereocenters. The van der Waals surface area contributed by atoms with E-state index in [1.54, 1.807) is 11.9 Å². The van der Waals surface area contributed by atoms with Gasteiger partial charge in [0.1, 0.15) is 6.42 Å². The molecule has 0 aliphatic carbocycles. The second-order valence-corrected chi connectivity index (χ2v) is 6.06. The Balaban J connectivity index is 1.88. The third kappa shape index (κ3) is 4.33. The second kappa shape index (κ2) is 7.97. The van der Waals surface area contributed by atoms with Gasteiger partial charge in [-0.3, -0.25) is 9.59 Å². The number of carbonyl (C=O) groups excluding carboxylic acids is 2. The summed E-state index contributed by atoms with van der Waals surface area (Å²) in [5.74, 6) is -0.120. The lowest BCUT2D eigenvalue weighted by Gasteiger charge is -2.35. The summed E-state index contributed by atoms with van der Waals surface area (Å²) in [6.45, 7) is 3.46. The molecule has 1 unspecified atom stereocenters. The number of hydrogen-bond acceptors (Lipinski definition) is 2. The summed E-state index contributed by atoms with van der Waals surface area (Å²) in [7, 11) is 1.76. The molecule has 0 saturated carbocycles. The maximum absolute atomic E-state index is 12.4. The normalized spacial score (nSPS) is 18.1. The third-order valence-electron chi connectivity index (χ3n) is 4.41. The van der Waals surface area contributed by atoms with Crippen molar-refractivity contribution in [2.45, 2.75) is 51.6 Å². The van der Waals surface area contributed by atoms with Gasteiger partial charge in [0.05, 0.1) is 0 Å². The Bertz CT molecular complexity index is 501. The van der Waals surface area contributed by atoms with Crippen LogP contribution in [0.4, 0.5) is 0 Å². The Morgan fingerprint density at radius 1 is 1.23 bits per heavy atom. The number of piperidine rings is 1. The zero-order chi connectivity index (χ0) is 15.9. The van der Waals surface area contributed by atoms with Crippen LogP contribution in [0.25, 0.3) is 0 Å². The summed E-state index contributed by atoms with van der Waals surface area (Å²) in [6, 6.07) is 10.2. The van der Waals surface area contributed by atoms with Crippen LogP contribution in [0.3, 0.4) is 0 Å². The van der Waals surface area contributed by atoms with Crippen molar-refractivity contribution in [3.63, 3.8) is 0 Å². The molecule has 4 nitrogen and oxygen atoms in total. The fourth-order valence-corrected chi connectivity index (χ4v) is 3.06. The number of likely N-dealkylation sites (tertiary alicyclic amines) is 1. The van der Waals surface area contributed by atoms with Crippen molar-refractivity contribution < 1.29 is 9.59 Å². The van der Waals surface area contributed by atoms with Crippen molar-refractivity contribution in [3.8, 4) is 0 Å². The van der Waals surface area contributed by atoms with Crippen LogP contribution < -0.4 is 0 Å². The average molecular weight is 302 g/mol. The van der Waals surface area contributed by atoms with Gasteiger partial charge < -0.3 is 9.80 Å². The molecule has 1 fully saturated rings. The number of rotatable bonds is 5. The van der Waals surface area contributed by atoms with E-state index in [-0.39, 0.29) is 18.2 Å². The minimum atomic E-state index is -0.103. The smallest absolute Gasteiger partial charge is 0.232 e. The Kier molecular flexibility index (Phi) is 5.99. The quantitative estimate of drug-likeness (QED) is 0.785. The van der Waals surface area contributed by atoms with Crippen LogP contribution in [0.1, 0.15) is 44.6 Å². The average Bonchev–Trinajstić information content (AvgIpc) is 2.55. The molecule has 0 N–H and O–H groups in total. The Hall–Kier alpha value is -1.84. The summed E-state index contributed by atoms with van der Waals surface area (Å²) in [6.07, 6.45) is 4.26. The maximum Gasteiger partial charge on any atom is 0.232 e. The van der Waals surface area contributed by atoms with Crippen molar-refractivity contribution in [1.29, 1.82) is 0 Å². The topological polar surface area (TPSA) is 40.6 Å². The second-order valence-electron chi connectivity index (χ2n) is 6.06. The van der Waals surface area contributed by atoms with Crippen LogP contribution in [0.2, 0.25) is 0 Å². The van der Waals surface area contributed by atoms with Crippen molar-refractivity contribution in [1.82, 2.24) is 9.80 Å². The van der Waals surface area contributed by atoms with Gasteiger partial charge in [-0.25, -0.2) is 0 Å². The monoisotopic (exact) mass is 302 g/mol. The summed E-state index contributed by atoms with van der Waals surface area (Å²) in [4.78, 5) is 28.2. The van der Waals surface area contributed by atoms with Crippen LogP contribution in [0.15, 0.2) is 30.3 Å². The highest BCUT2D eigenvalue weighted by atomic mass is 16.2. The highest BCUT2D eigenvalue weighted by Crippen LogP contribution is 2.20. The first-order valence-corrected chi connectivity index (χ1v) is 8.19. The van der Waals surface area contributed by atoms with E-state index in [0.717, 1.165) is 31.4 Å². The van der Waals surface area contributed by atoms with Gasteiger partial charge in [0.15, 0.2) is 0 Å². The first kappa shape index (κ1) is 16.5. The molecule has 4 heteroatoms. The minimum Gasteiger partial charge on any atom is -0.341 e. The Morgan fingerprint density at radius 2 is 1.95 bits per heavy atom. The molecule has 1 aromatic rings. The summed E-state index contributed by atoms with van der Waals surface area (Å²) in [5.41, 5.74) is 1.08. The zero-order valence-electron chi connectivity index (χ0n) is 13.6. The molecule has 0 spiro atoms. The number of hydrogen-bond donors (Lipinski definition) is 0. The van der Waals surface area contributed by atoms with Gasteiger partial charge in [-0.2, -0.15) is 0 Å². The van der Waals surface area contributed by atoms with Crippen LogP contribution >= 0.6 is 0 Å². The van der Waals surface area contributed by atoms with E-state index in [1.807, 2.05) is 35.2 Å². The van der Waals surface area contributed by atoms with Gasteiger partial charge in [0, 0.05) is 26.2 Å². The van der Waals surface area contributed by atoms with Gasteiger partial charge in [-0.15, -0.1) is 0 Å². The molecular formula is C18H26N2O2. The van der Waals surface area contributed by atoms with Crippen molar-refractivity contribution in [3.05, 3.63) is 35.9 Å². The van der Waals surface area contributed by atoms with Crippen molar-refractivity contribution in [2.24, 2.45) is 0 Å². The van der Waals surface area contributed by atoms with E-state index in [9.17, 15) is 9.59 Å². The van der Waals surface area contributed by atoms with Crippen LogP contribution in [-0.2, 0) is 16.1 Å². The minimum absolute atomic E-state index is 0.0141. The number of amides is 2. The fourth-order valence-electron chi connectivity index (χ4n) is 3.06. The van der Waals surface area contributed by atoms with Crippen LogP contribution in [-0.4, -0.2) is 41.2 Å². The van der Waals surface area contributed by atoms with Gasteiger partial charge in [0.2, 0.25) is 11.8 Å². The first-order valence-electron chi connectivity index (χ1n) is 8.19. The van der Waals surface area contributed by atoms with Crippen molar-refractivity contribution >= 4 is 11.8 Å². The molecule has 120 valence electrons. The molecule has 2 rings (SSSR count). The van der Waals surface area contributed by atoms with Crippen LogP contribution in [0.5, 0.6) is 0 Å². The maximum atomic E-state index is 12.4. The van der Waals surface area contributed by atoms with E-state index < -0.39 is 0 Å². The van der Waals surface area contributed by atoms with E-state index in [0.29, 0.717) is 12.6 Å². The number of carbonyl (C=O) groups is 2. The molecule has 22 heavy (non-hydrogen) atoms. The molecule has 1 aliphatic heterocycles. The molecule has 0 bridgehead atoms. The molecule has 0 aromatic heterocycles. The SMILES string of the molecule is CCC1CCCCN1C(=O)CC(=O)N(C)Cc1ccccc1. The van der Waals surface area contributed by atoms with E-state index >= 15 is 0 Å². The molecule has 2 amide bonds. The predicted octanol–water partition coefficient (Wildman–Crippen LogP) is 2.83. The lowest BCUT2D eigenvalue weighted by Crippen LogP contribution is -2.45. The van der Waals surface area contributed by atoms with Gasteiger partial charge in [0.25, 0.3) is 0 Å². The largest absolute Gasteiger partial charge is 0.341 e. The molecule has 1 heterocycles. The van der Waals surface area contributed by atoms with Gasteiger partial charge in [-0.1, -0.05) is 37.3 Å². The standard InChI is InChI=1S/C18H26N2O2/c1-3-16-11-7-8-12-20(16)18(22)13-17(21)19(2)14-15-9-5-4-6-10-15/h4-6,9-10,16H,3,7-8,11-14H2,1-2H3.